The van der Waals surface area contributed by atoms with Gasteiger partial charge in [-0.15, -0.1) is 0 Å². The zero-order valence-corrected chi connectivity index (χ0v) is 14.4. The summed E-state index contributed by atoms with van der Waals surface area (Å²) in [6.45, 7) is -0.0717. The first-order chi connectivity index (χ1) is 11.7. The predicted octanol–water partition coefficient (Wildman–Crippen LogP) is 5.14. The lowest BCUT2D eigenvalue weighted by Crippen LogP contribution is -2.23. The van der Waals surface area contributed by atoms with Crippen molar-refractivity contribution in [3.63, 3.8) is 0 Å². The average molecular weight is 405 g/mol. The van der Waals surface area contributed by atoms with Crippen LogP contribution in [0.1, 0.15) is 35.7 Å². The molecule has 1 aromatic carbocycles. The van der Waals surface area contributed by atoms with Crippen molar-refractivity contribution in [2.24, 2.45) is 4.99 Å². The number of carboxylic acids is 1. The number of hydrogen-bond donors (Lipinski definition) is 2. The molecule has 0 saturated heterocycles. The lowest BCUT2D eigenvalue weighted by Gasteiger charge is -2.18. The molecule has 0 bridgehead atoms. The summed E-state index contributed by atoms with van der Waals surface area (Å²) in [5.41, 5.74) is -0.649. The maximum atomic E-state index is 12.3. The number of alkyl halides is 6. The van der Waals surface area contributed by atoms with Crippen LogP contribution in [0.25, 0.3) is 0 Å². The molecule has 146 valence electrons. The average Bonchev–Trinajstić information content (AvgIpc) is 2.48. The van der Waals surface area contributed by atoms with Crippen molar-refractivity contribution < 1.29 is 36.2 Å². The molecule has 4 nitrogen and oxygen atoms in total. The molecule has 0 aromatic heterocycles. The normalized spacial score (nSPS) is 14.3. The van der Waals surface area contributed by atoms with Gasteiger partial charge < -0.3 is 10.4 Å². The number of nitrogens with one attached hydrogen (secondary N) is 1. The summed E-state index contributed by atoms with van der Waals surface area (Å²) in [5, 5.41) is 10.8. The van der Waals surface area contributed by atoms with Crippen LogP contribution >= 0.6 is 11.6 Å². The monoisotopic (exact) mass is 404 g/mol. The molecule has 1 aromatic rings. The first-order valence-electron chi connectivity index (χ1n) is 7.16. The Balaban J connectivity index is 3.20. The van der Waals surface area contributed by atoms with Crippen molar-refractivity contribution in [1.29, 1.82) is 0 Å². The minimum atomic E-state index is -4.59. The molecular formula is C15H15ClF6N2O2. The van der Waals surface area contributed by atoms with Crippen LogP contribution in [0.15, 0.2) is 17.1 Å². The van der Waals surface area contributed by atoms with E-state index in [-0.39, 0.29) is 16.3 Å². The van der Waals surface area contributed by atoms with Crippen molar-refractivity contribution in [2.45, 2.75) is 32.1 Å². The molecule has 0 fully saturated rings. The number of aliphatic imine (C=N–C) groups is 1. The Morgan fingerprint density at radius 2 is 1.81 bits per heavy atom. The van der Waals surface area contributed by atoms with Crippen molar-refractivity contribution >= 4 is 29.0 Å². The third kappa shape index (κ3) is 6.74. The van der Waals surface area contributed by atoms with Gasteiger partial charge in [0.05, 0.1) is 16.3 Å². The highest BCUT2D eigenvalue weighted by molar-refractivity contribution is 6.34. The number of anilines is 1. The van der Waals surface area contributed by atoms with E-state index in [2.05, 4.69) is 4.99 Å². The smallest absolute Gasteiger partial charge is 0.407 e. The van der Waals surface area contributed by atoms with Gasteiger partial charge in [-0.25, -0.2) is 4.79 Å². The van der Waals surface area contributed by atoms with E-state index in [1.165, 1.54) is 19.9 Å². The van der Waals surface area contributed by atoms with E-state index in [1.54, 1.807) is 0 Å². The van der Waals surface area contributed by atoms with E-state index in [1.807, 2.05) is 5.32 Å². The largest absolute Gasteiger partial charge is 0.478 e. The highest BCUT2D eigenvalue weighted by Crippen LogP contribution is 2.33. The first kappa shape index (κ1) is 22.1. The lowest BCUT2D eigenvalue weighted by atomic mass is 9.94. The summed E-state index contributed by atoms with van der Waals surface area (Å²) < 4.78 is 73.8. The molecule has 0 radical (unpaired) electrons. The molecule has 0 spiro atoms. The number of hydrogen-bond acceptors (Lipinski definition) is 3. The van der Waals surface area contributed by atoms with Gasteiger partial charge in [0.25, 0.3) is 0 Å². The molecule has 0 aliphatic carbocycles. The van der Waals surface area contributed by atoms with E-state index < -0.39 is 48.6 Å². The van der Waals surface area contributed by atoms with Crippen LogP contribution in [-0.2, 0) is 0 Å². The van der Waals surface area contributed by atoms with Crippen LogP contribution in [0.3, 0.4) is 0 Å². The lowest BCUT2D eigenvalue weighted by molar-refractivity contribution is -0.118. The maximum absolute atomic E-state index is 12.3. The molecule has 0 heterocycles. The van der Waals surface area contributed by atoms with Crippen molar-refractivity contribution in [1.82, 2.24) is 0 Å². The zero-order chi connectivity index (χ0) is 20.3. The first-order valence-corrected chi connectivity index (χ1v) is 7.54. The van der Waals surface area contributed by atoms with Crippen LogP contribution in [0.4, 0.5) is 32.0 Å². The van der Waals surface area contributed by atoms with E-state index in [9.17, 15) is 36.2 Å². The topological polar surface area (TPSA) is 61.7 Å². The Bertz CT molecular complexity index is 701. The van der Waals surface area contributed by atoms with E-state index in [0.29, 0.717) is 0 Å². The Hall–Kier alpha value is -1.97. The molecule has 1 rings (SSSR count). The van der Waals surface area contributed by atoms with Gasteiger partial charge in [0.1, 0.15) is 13.1 Å². The van der Waals surface area contributed by atoms with Gasteiger partial charge in [-0.05, 0) is 24.6 Å². The predicted molar refractivity (Wildman–Crippen MR) is 85.4 cm³/mol. The minimum Gasteiger partial charge on any atom is -0.478 e. The minimum absolute atomic E-state index is 0.0748. The third-order valence-electron chi connectivity index (χ3n) is 3.44. The quantitative estimate of drug-likeness (QED) is 0.510. The fourth-order valence-corrected chi connectivity index (χ4v) is 2.30. The molecule has 0 saturated carbocycles. The molecule has 2 N–H and O–H groups in total. The Kier molecular flexibility index (Phi) is 6.92. The van der Waals surface area contributed by atoms with Crippen LogP contribution in [0.2, 0.25) is 5.02 Å². The Morgan fingerprint density at radius 1 is 1.23 bits per heavy atom. The van der Waals surface area contributed by atoms with Gasteiger partial charge in [-0.2, -0.15) is 26.3 Å². The number of carbonyl (C=O) groups is 1. The number of carboxylic acid groups (broad SMARTS) is 1. The number of halogens is 7. The van der Waals surface area contributed by atoms with Crippen LogP contribution < -0.4 is 5.32 Å². The summed E-state index contributed by atoms with van der Waals surface area (Å²) in [5.74, 6) is -2.25. The molecule has 0 aliphatic heterocycles. The van der Waals surface area contributed by atoms with Gasteiger partial charge in [0.2, 0.25) is 0 Å². The maximum Gasteiger partial charge on any atom is 0.407 e. The second-order valence-electron chi connectivity index (χ2n) is 5.49. The highest BCUT2D eigenvalue weighted by atomic mass is 35.5. The molecule has 0 aliphatic rings. The fourth-order valence-electron chi connectivity index (χ4n) is 2.01. The SMILES string of the molecule is CC(=NCC(F)(F)F)C(C)c1cc(Cl)c(NCC(F)(F)F)c(C(=O)O)c1. The summed E-state index contributed by atoms with van der Waals surface area (Å²) >= 11 is 5.89. The van der Waals surface area contributed by atoms with Gasteiger partial charge in [0, 0.05) is 11.6 Å². The summed E-state index contributed by atoms with van der Waals surface area (Å²) in [4.78, 5) is 14.7. The number of aromatic carboxylic acids is 1. The fraction of sp³-hybridized carbons (Fsp3) is 0.467. The standard InChI is InChI=1S/C15H15ClF6N2O2/c1-7(8(2)23-5-14(17,18)19)9-3-10(13(25)26)12(11(16)4-9)24-6-15(20,21)22/h3-4,7,24H,5-6H2,1-2H3,(H,25,26). The number of nitrogens with zero attached hydrogens (tertiary/aromatic N) is 1. The van der Waals surface area contributed by atoms with Gasteiger partial charge in [-0.1, -0.05) is 18.5 Å². The van der Waals surface area contributed by atoms with Gasteiger partial charge in [0.15, 0.2) is 0 Å². The van der Waals surface area contributed by atoms with Crippen LogP contribution in [0.5, 0.6) is 0 Å². The Labute approximate surface area is 149 Å². The summed E-state index contributed by atoms with van der Waals surface area (Å²) in [6.07, 6.45) is -9.08. The van der Waals surface area contributed by atoms with E-state index in [4.69, 9.17) is 11.6 Å². The third-order valence-corrected chi connectivity index (χ3v) is 3.74. The summed E-state index contributed by atoms with van der Waals surface area (Å²) in [6, 6.07) is 2.26. The second-order valence-corrected chi connectivity index (χ2v) is 5.90. The van der Waals surface area contributed by atoms with Crippen molar-refractivity contribution in [2.75, 3.05) is 18.4 Å². The molecule has 11 heteroatoms. The molecule has 1 atom stereocenters. The molecular weight excluding hydrogens is 390 g/mol. The molecule has 0 amide bonds. The van der Waals surface area contributed by atoms with Gasteiger partial charge in [-0.3, -0.25) is 4.99 Å². The molecule has 26 heavy (non-hydrogen) atoms. The number of benzene rings is 1. The van der Waals surface area contributed by atoms with E-state index >= 15 is 0 Å². The van der Waals surface area contributed by atoms with Crippen LogP contribution in [0, 0.1) is 0 Å². The Morgan fingerprint density at radius 3 is 2.27 bits per heavy atom. The van der Waals surface area contributed by atoms with Gasteiger partial charge >= 0.3 is 18.3 Å². The second kappa shape index (κ2) is 8.15. The van der Waals surface area contributed by atoms with Crippen molar-refractivity contribution in [3.8, 4) is 0 Å². The highest BCUT2D eigenvalue weighted by Gasteiger charge is 2.29. The van der Waals surface area contributed by atoms with Crippen LogP contribution in [-0.4, -0.2) is 42.2 Å². The van der Waals surface area contributed by atoms with E-state index in [0.717, 1.165) is 6.07 Å². The number of rotatable bonds is 6. The zero-order valence-electron chi connectivity index (χ0n) is 13.6. The summed E-state index contributed by atoms with van der Waals surface area (Å²) in [7, 11) is 0. The van der Waals surface area contributed by atoms with Crippen molar-refractivity contribution in [3.05, 3.63) is 28.3 Å². The molecule has 1 unspecified atom stereocenters.